The van der Waals surface area contributed by atoms with Crippen LogP contribution in [0.15, 0.2) is 83.5 Å². The van der Waals surface area contributed by atoms with Crippen LogP contribution in [0.3, 0.4) is 0 Å². The molecule has 3 aromatic carbocycles. The molecule has 0 saturated carbocycles. The number of aromatic nitrogens is 1. The Labute approximate surface area is 237 Å². The molecule has 6 bridgehead atoms. The fourth-order valence-electron chi connectivity index (χ4n) is 4.91. The van der Waals surface area contributed by atoms with Gasteiger partial charge in [0.2, 0.25) is 5.88 Å². The highest BCUT2D eigenvalue weighted by Crippen LogP contribution is 2.42. The predicted molar refractivity (Wildman–Crippen MR) is 165 cm³/mol. The number of pyridine rings is 1. The fraction of sp³-hybridized carbons (Fsp3) is 0.294. The monoisotopic (exact) mass is 537 g/mol. The number of nitrogens with one attached hydrogen (secondary N) is 1. The minimum atomic E-state index is -1.44. The second-order valence-electron chi connectivity index (χ2n) is 9.95. The van der Waals surface area contributed by atoms with E-state index < -0.39 is 5.60 Å². The minimum absolute atomic E-state index is 0.298. The molecule has 5 rings (SSSR count). The summed E-state index contributed by atoms with van der Waals surface area (Å²) in [5, 5.41) is 16.7. The lowest BCUT2D eigenvalue weighted by Gasteiger charge is -2.31. The number of anilines is 1. The number of hydrogen-bond donors (Lipinski definition) is 2. The standard InChI is InChI=1S/C32H33N3O3.C2H6/c1-20(2)17-34-18-21(3)32(36)24-9-11-29(33-4)23(13-24)19-38-26-8-6-7-22(14-26)27-16-31(37-5)35-30-12-10-25(32)15-28(27)30;1-2/h6-18,20,33,36H,19H2,1-5H3;1-2H3/b21-18+,34-17?;. The summed E-state index contributed by atoms with van der Waals surface area (Å²) < 4.78 is 11.8. The van der Waals surface area contributed by atoms with E-state index in [9.17, 15) is 5.11 Å². The van der Waals surface area contributed by atoms with E-state index in [4.69, 9.17) is 9.47 Å². The van der Waals surface area contributed by atoms with Crippen LogP contribution in [0.25, 0.3) is 22.0 Å². The van der Waals surface area contributed by atoms with Gasteiger partial charge >= 0.3 is 0 Å². The van der Waals surface area contributed by atoms with Gasteiger partial charge in [0, 0.05) is 42.2 Å². The summed E-state index contributed by atoms with van der Waals surface area (Å²) in [6.45, 7) is 10.4. The van der Waals surface area contributed by atoms with Gasteiger partial charge in [-0.1, -0.05) is 52.0 Å². The first-order valence-electron chi connectivity index (χ1n) is 13.8. The van der Waals surface area contributed by atoms with Crippen LogP contribution in [0.1, 0.15) is 51.3 Å². The van der Waals surface area contributed by atoms with Crippen molar-refractivity contribution >= 4 is 22.8 Å². The predicted octanol–water partition coefficient (Wildman–Crippen LogP) is 7.74. The quantitative estimate of drug-likeness (QED) is 0.255. The maximum Gasteiger partial charge on any atom is 0.214 e. The van der Waals surface area contributed by atoms with Gasteiger partial charge in [-0.05, 0) is 77.1 Å². The lowest BCUT2D eigenvalue weighted by molar-refractivity contribution is 0.120. The topological polar surface area (TPSA) is 76.0 Å². The molecule has 0 radical (unpaired) electrons. The summed E-state index contributed by atoms with van der Waals surface area (Å²) in [7, 11) is 3.50. The van der Waals surface area contributed by atoms with Crippen LogP contribution in [-0.4, -0.2) is 30.5 Å². The normalized spacial score (nSPS) is 16.5. The zero-order valence-electron chi connectivity index (χ0n) is 24.4. The number of ether oxygens (including phenoxy) is 2. The average molecular weight is 538 g/mol. The van der Waals surface area contributed by atoms with Crippen LogP contribution >= 0.6 is 0 Å². The van der Waals surface area contributed by atoms with E-state index in [1.165, 1.54) is 0 Å². The van der Waals surface area contributed by atoms with Gasteiger partial charge in [0.15, 0.2) is 0 Å². The average Bonchev–Trinajstić information content (AvgIpc) is 2.99. The van der Waals surface area contributed by atoms with E-state index in [0.29, 0.717) is 24.0 Å². The van der Waals surface area contributed by atoms with Gasteiger partial charge < -0.3 is 19.9 Å². The molecule has 40 heavy (non-hydrogen) atoms. The van der Waals surface area contributed by atoms with E-state index >= 15 is 0 Å². The number of benzene rings is 3. The van der Waals surface area contributed by atoms with Crippen LogP contribution < -0.4 is 14.8 Å². The summed E-state index contributed by atoms with van der Waals surface area (Å²) >= 11 is 0. The summed E-state index contributed by atoms with van der Waals surface area (Å²) in [6, 6.07) is 21.8. The smallest absolute Gasteiger partial charge is 0.214 e. The van der Waals surface area contributed by atoms with Crippen molar-refractivity contribution in [1.29, 1.82) is 0 Å². The first kappa shape index (κ1) is 28.8. The molecule has 2 heterocycles. The Balaban J connectivity index is 0.00000181. The highest BCUT2D eigenvalue weighted by Gasteiger charge is 2.35. The number of methoxy groups -OCH3 is 1. The van der Waals surface area contributed by atoms with Crippen molar-refractivity contribution in [3.05, 3.63) is 95.2 Å². The largest absolute Gasteiger partial charge is 0.489 e. The van der Waals surface area contributed by atoms with Crippen molar-refractivity contribution < 1.29 is 14.6 Å². The van der Waals surface area contributed by atoms with Gasteiger partial charge in [0.25, 0.3) is 0 Å². The van der Waals surface area contributed by atoms with Crippen molar-refractivity contribution in [3.63, 3.8) is 0 Å². The third-order valence-electron chi connectivity index (χ3n) is 6.97. The van der Waals surface area contributed by atoms with E-state index in [1.807, 2.05) is 101 Å². The Morgan fingerprint density at radius 3 is 2.55 bits per heavy atom. The molecule has 208 valence electrons. The lowest BCUT2D eigenvalue weighted by Crippen LogP contribution is -2.29. The summed E-state index contributed by atoms with van der Waals surface area (Å²) in [6.07, 6.45) is 3.62. The van der Waals surface area contributed by atoms with Gasteiger partial charge in [-0.25, -0.2) is 4.98 Å². The first-order valence-corrected chi connectivity index (χ1v) is 13.8. The Kier molecular flexibility index (Phi) is 8.90. The molecule has 0 saturated heterocycles. The molecule has 0 amide bonds. The maximum absolute atomic E-state index is 12.6. The van der Waals surface area contributed by atoms with Crippen LogP contribution in [0.5, 0.6) is 11.6 Å². The molecule has 1 unspecified atom stereocenters. The molecule has 1 aliphatic rings. The zero-order chi connectivity index (χ0) is 28.9. The van der Waals surface area contributed by atoms with Crippen molar-refractivity contribution in [3.8, 4) is 22.8 Å². The summed E-state index contributed by atoms with van der Waals surface area (Å²) in [5.74, 6) is 1.57. The number of nitrogens with zero attached hydrogens (tertiary/aromatic N) is 2. The fourth-order valence-corrected chi connectivity index (χ4v) is 4.91. The van der Waals surface area contributed by atoms with Crippen molar-refractivity contribution in [2.24, 2.45) is 10.9 Å². The molecule has 1 aliphatic heterocycles. The van der Waals surface area contributed by atoms with Crippen molar-refractivity contribution in [1.82, 2.24) is 4.98 Å². The highest BCUT2D eigenvalue weighted by molar-refractivity contribution is 5.96. The molecule has 6 nitrogen and oxygen atoms in total. The molecular weight excluding hydrogens is 498 g/mol. The zero-order valence-corrected chi connectivity index (χ0v) is 24.4. The van der Waals surface area contributed by atoms with Crippen LogP contribution in [0, 0.1) is 5.92 Å². The van der Waals surface area contributed by atoms with Crippen LogP contribution in [0.4, 0.5) is 5.69 Å². The second-order valence-corrected chi connectivity index (χ2v) is 9.95. The molecule has 0 fully saturated rings. The summed E-state index contributed by atoms with van der Waals surface area (Å²) in [4.78, 5) is 9.20. The van der Waals surface area contributed by atoms with Gasteiger partial charge in [-0.2, -0.15) is 0 Å². The number of aliphatic imine (C=N–C) groups is 1. The molecule has 6 heteroatoms. The number of aliphatic hydroxyl groups is 1. The number of rotatable bonds is 5. The lowest BCUT2D eigenvalue weighted by atomic mass is 9.79. The second kappa shape index (κ2) is 12.3. The van der Waals surface area contributed by atoms with Gasteiger partial charge in [0.1, 0.15) is 18.0 Å². The Bertz CT molecular complexity index is 1560. The minimum Gasteiger partial charge on any atom is -0.489 e. The third-order valence-corrected chi connectivity index (χ3v) is 6.97. The highest BCUT2D eigenvalue weighted by atomic mass is 16.5. The Morgan fingerprint density at radius 2 is 1.82 bits per heavy atom. The summed E-state index contributed by atoms with van der Waals surface area (Å²) in [5.41, 5.74) is 5.30. The molecule has 1 atom stereocenters. The molecule has 1 aromatic heterocycles. The molecule has 2 N–H and O–H groups in total. The molecule has 0 spiro atoms. The Hall–Kier alpha value is -4.16. The molecule has 0 aliphatic carbocycles. The maximum atomic E-state index is 12.6. The molecule has 4 aromatic rings. The van der Waals surface area contributed by atoms with Crippen molar-refractivity contribution in [2.75, 3.05) is 19.5 Å². The van der Waals surface area contributed by atoms with E-state index in [2.05, 4.69) is 29.1 Å². The van der Waals surface area contributed by atoms with Gasteiger partial charge in [0.05, 0.1) is 12.6 Å². The van der Waals surface area contributed by atoms with Crippen LogP contribution in [-0.2, 0) is 12.2 Å². The Morgan fingerprint density at radius 1 is 1.07 bits per heavy atom. The van der Waals surface area contributed by atoms with E-state index in [0.717, 1.165) is 50.2 Å². The number of fused-ring (bicyclic) bond motifs is 6. The van der Waals surface area contributed by atoms with Crippen molar-refractivity contribution in [2.45, 2.75) is 46.8 Å². The number of hydrogen-bond acceptors (Lipinski definition) is 6. The van der Waals surface area contributed by atoms with Crippen LogP contribution in [0.2, 0.25) is 0 Å². The van der Waals surface area contributed by atoms with Gasteiger partial charge in [-0.15, -0.1) is 0 Å². The molecular formula is C34H39N3O3. The van der Waals surface area contributed by atoms with E-state index in [1.54, 1.807) is 13.3 Å². The van der Waals surface area contributed by atoms with Gasteiger partial charge in [-0.3, -0.25) is 4.99 Å². The first-order chi connectivity index (χ1) is 19.3. The third kappa shape index (κ3) is 5.58. The SMILES string of the molecule is CC.CNc1ccc2cc1COc1cccc(c1)-c1cc(OC)nc3ccc(cc13)C2(O)/C(C)=C/N=CC(C)C. The van der Waals surface area contributed by atoms with E-state index in [-0.39, 0.29) is 0 Å².